The first kappa shape index (κ1) is 27.3. The van der Waals surface area contributed by atoms with Crippen LogP contribution in [0.15, 0.2) is 70.6 Å². The predicted molar refractivity (Wildman–Crippen MR) is 150 cm³/mol. The van der Waals surface area contributed by atoms with Gasteiger partial charge in [-0.2, -0.15) is 0 Å². The molecule has 4 aromatic rings. The van der Waals surface area contributed by atoms with Gasteiger partial charge < -0.3 is 19.5 Å². The molecule has 10 heteroatoms. The van der Waals surface area contributed by atoms with Crippen LogP contribution in [-0.2, 0) is 9.53 Å². The Hall–Kier alpha value is -4.31. The van der Waals surface area contributed by atoms with Gasteiger partial charge >= 0.3 is 5.97 Å². The number of esters is 1. The Morgan fingerprint density at radius 1 is 1.07 bits per heavy atom. The lowest BCUT2D eigenvalue weighted by Gasteiger charge is -2.31. The van der Waals surface area contributed by atoms with Gasteiger partial charge in [-0.05, 0) is 32.3 Å². The summed E-state index contributed by atoms with van der Waals surface area (Å²) in [5.41, 5.74) is 2.78. The van der Waals surface area contributed by atoms with Crippen LogP contribution in [0.1, 0.15) is 68.9 Å². The molecule has 0 radical (unpaired) electrons. The number of carbonyl (C=O) groups excluding carboxylic acids is 3. The summed E-state index contributed by atoms with van der Waals surface area (Å²) in [5, 5.41) is 9.48. The molecule has 1 unspecified atom stereocenters. The first-order valence-electron chi connectivity index (χ1n) is 13.2. The fraction of sp³-hybridized carbons (Fsp3) is 0.300. The van der Waals surface area contributed by atoms with Gasteiger partial charge in [0.05, 0.1) is 11.6 Å². The number of hydrogen-bond acceptors (Lipinski definition) is 8. The maximum atomic E-state index is 13.5. The number of benzene rings is 2. The number of nitrogens with one attached hydrogen (secondary N) is 1. The van der Waals surface area contributed by atoms with Gasteiger partial charge in [0.1, 0.15) is 22.7 Å². The minimum atomic E-state index is -0.922. The number of amides is 2. The Kier molecular flexibility index (Phi) is 8.35. The summed E-state index contributed by atoms with van der Waals surface area (Å²) in [7, 11) is 0. The maximum Gasteiger partial charge on any atom is 0.333 e. The number of piperidine rings is 1. The third-order valence-electron chi connectivity index (χ3n) is 6.94. The second-order valence-corrected chi connectivity index (χ2v) is 10.4. The van der Waals surface area contributed by atoms with Crippen molar-refractivity contribution in [3.8, 4) is 11.3 Å². The number of likely N-dealkylation sites (tertiary alicyclic amines) is 1. The van der Waals surface area contributed by atoms with Gasteiger partial charge in [0.25, 0.3) is 11.8 Å². The molecule has 0 spiro atoms. The molecule has 1 aliphatic heterocycles. The van der Waals surface area contributed by atoms with Crippen LogP contribution in [0.5, 0.6) is 0 Å². The van der Waals surface area contributed by atoms with E-state index < -0.39 is 17.9 Å². The zero-order valence-corrected chi connectivity index (χ0v) is 23.1. The van der Waals surface area contributed by atoms with Gasteiger partial charge in [-0.3, -0.25) is 9.59 Å². The molecule has 0 aliphatic carbocycles. The number of rotatable bonds is 8. The van der Waals surface area contributed by atoms with Crippen LogP contribution >= 0.6 is 11.3 Å². The molecule has 206 valence electrons. The van der Waals surface area contributed by atoms with E-state index in [1.54, 1.807) is 43.5 Å². The van der Waals surface area contributed by atoms with Crippen LogP contribution in [0.25, 0.3) is 11.3 Å². The maximum absolute atomic E-state index is 13.5. The molecule has 2 aromatic heterocycles. The Bertz CT molecular complexity index is 1480. The monoisotopic (exact) mass is 558 g/mol. The van der Waals surface area contributed by atoms with Crippen LogP contribution < -0.4 is 5.32 Å². The zero-order valence-electron chi connectivity index (χ0n) is 22.3. The summed E-state index contributed by atoms with van der Waals surface area (Å²) >= 11 is 1.42. The smallest absolute Gasteiger partial charge is 0.333 e. The fourth-order valence-corrected chi connectivity index (χ4v) is 5.81. The van der Waals surface area contributed by atoms with Crippen molar-refractivity contribution in [1.82, 2.24) is 20.4 Å². The number of aromatic nitrogens is 2. The van der Waals surface area contributed by atoms with E-state index in [-0.39, 0.29) is 24.1 Å². The van der Waals surface area contributed by atoms with E-state index in [2.05, 4.69) is 15.5 Å². The Morgan fingerprint density at radius 3 is 2.42 bits per heavy atom. The summed E-state index contributed by atoms with van der Waals surface area (Å²) in [6.45, 7) is 4.81. The third-order valence-corrected chi connectivity index (χ3v) is 7.95. The average molecular weight is 559 g/mol. The minimum absolute atomic E-state index is 0.0961. The SMILES string of the molecule is CCOC(=O)C(NC(=O)c1csc(C2CCN(C(=O)c3c(-c4ccccc4)noc3C)CC2)n1)c1ccccc1. The van der Waals surface area contributed by atoms with Crippen molar-refractivity contribution in [2.75, 3.05) is 19.7 Å². The van der Waals surface area contributed by atoms with E-state index in [4.69, 9.17) is 9.26 Å². The van der Waals surface area contributed by atoms with Crippen molar-refractivity contribution in [2.45, 2.75) is 38.6 Å². The summed E-state index contributed by atoms with van der Waals surface area (Å²) in [5.74, 6) is -0.427. The first-order chi connectivity index (χ1) is 19.5. The van der Waals surface area contributed by atoms with Crippen molar-refractivity contribution < 1.29 is 23.6 Å². The van der Waals surface area contributed by atoms with Gasteiger partial charge in [-0.1, -0.05) is 65.8 Å². The third kappa shape index (κ3) is 5.81. The first-order valence-corrected chi connectivity index (χ1v) is 14.1. The number of ether oxygens (including phenoxy) is 1. The van der Waals surface area contributed by atoms with Gasteiger partial charge in [0.15, 0.2) is 6.04 Å². The van der Waals surface area contributed by atoms with Crippen molar-refractivity contribution in [2.24, 2.45) is 0 Å². The topological polar surface area (TPSA) is 115 Å². The minimum Gasteiger partial charge on any atom is -0.464 e. The number of carbonyl (C=O) groups is 3. The highest BCUT2D eigenvalue weighted by Crippen LogP contribution is 2.33. The average Bonchev–Trinajstić information content (AvgIpc) is 3.64. The van der Waals surface area contributed by atoms with Gasteiger partial charge in [0, 0.05) is 30.0 Å². The van der Waals surface area contributed by atoms with Crippen LogP contribution in [-0.4, -0.2) is 52.5 Å². The van der Waals surface area contributed by atoms with E-state index in [0.717, 1.165) is 23.4 Å². The van der Waals surface area contributed by atoms with Crippen LogP contribution in [0.4, 0.5) is 0 Å². The molecule has 9 nitrogen and oxygen atoms in total. The second-order valence-electron chi connectivity index (χ2n) is 9.54. The molecule has 2 aromatic carbocycles. The number of nitrogens with zero attached hydrogens (tertiary/aromatic N) is 3. The lowest BCUT2D eigenvalue weighted by atomic mass is 9.96. The lowest BCUT2D eigenvalue weighted by Crippen LogP contribution is -2.38. The fourth-order valence-electron chi connectivity index (χ4n) is 4.84. The molecular formula is C30H30N4O5S. The van der Waals surface area contributed by atoms with E-state index in [1.807, 2.05) is 41.3 Å². The van der Waals surface area contributed by atoms with E-state index in [1.165, 1.54) is 11.3 Å². The van der Waals surface area contributed by atoms with Crippen molar-refractivity contribution >= 4 is 29.1 Å². The normalized spacial score (nSPS) is 14.5. The molecule has 3 heterocycles. The van der Waals surface area contributed by atoms with E-state index in [0.29, 0.717) is 35.7 Å². The number of hydrogen-bond donors (Lipinski definition) is 1. The van der Waals surface area contributed by atoms with Crippen molar-refractivity contribution in [1.29, 1.82) is 0 Å². The molecule has 40 heavy (non-hydrogen) atoms. The Labute approximate surface area is 236 Å². The van der Waals surface area contributed by atoms with Crippen molar-refractivity contribution in [3.63, 3.8) is 0 Å². The molecule has 0 bridgehead atoms. The summed E-state index contributed by atoms with van der Waals surface area (Å²) < 4.78 is 10.6. The lowest BCUT2D eigenvalue weighted by molar-refractivity contribution is -0.145. The molecule has 0 saturated carbocycles. The number of aryl methyl sites for hydroxylation is 1. The second kappa shape index (κ2) is 12.3. The largest absolute Gasteiger partial charge is 0.464 e. The standard InChI is InChI=1S/C30H30N4O5S/c1-3-38-30(37)26(21-12-8-5-9-13-21)32-27(35)23-18-40-28(31-23)22-14-16-34(17-15-22)29(36)24-19(2)39-33-25(24)20-10-6-4-7-11-20/h4-13,18,22,26H,3,14-17H2,1-2H3,(H,32,35). The number of thiazole rings is 1. The van der Waals surface area contributed by atoms with Gasteiger partial charge in [-0.15, -0.1) is 11.3 Å². The van der Waals surface area contributed by atoms with Crippen LogP contribution in [0.2, 0.25) is 0 Å². The molecular weight excluding hydrogens is 528 g/mol. The van der Waals surface area contributed by atoms with Crippen LogP contribution in [0.3, 0.4) is 0 Å². The zero-order chi connectivity index (χ0) is 28.1. The van der Waals surface area contributed by atoms with Crippen LogP contribution in [0, 0.1) is 6.92 Å². The van der Waals surface area contributed by atoms with Crippen molar-refractivity contribution in [3.05, 3.63) is 93.6 Å². The molecule has 1 atom stereocenters. The molecule has 1 saturated heterocycles. The van der Waals surface area contributed by atoms with Gasteiger partial charge in [0.2, 0.25) is 0 Å². The summed E-state index contributed by atoms with van der Waals surface area (Å²) in [6, 6.07) is 17.6. The molecule has 2 amide bonds. The van der Waals surface area contributed by atoms with E-state index in [9.17, 15) is 14.4 Å². The van der Waals surface area contributed by atoms with Gasteiger partial charge in [-0.25, -0.2) is 9.78 Å². The summed E-state index contributed by atoms with van der Waals surface area (Å²) in [4.78, 5) is 45.5. The Balaban J connectivity index is 1.23. The molecule has 1 fully saturated rings. The Morgan fingerprint density at radius 2 is 1.75 bits per heavy atom. The van der Waals surface area contributed by atoms with E-state index >= 15 is 0 Å². The summed E-state index contributed by atoms with van der Waals surface area (Å²) in [6.07, 6.45) is 1.45. The highest BCUT2D eigenvalue weighted by Gasteiger charge is 2.31. The molecule has 1 aliphatic rings. The highest BCUT2D eigenvalue weighted by atomic mass is 32.1. The predicted octanol–water partition coefficient (Wildman–Crippen LogP) is 5.16. The quantitative estimate of drug-likeness (QED) is 0.297. The molecule has 1 N–H and O–H groups in total. The molecule has 5 rings (SSSR count). The highest BCUT2D eigenvalue weighted by molar-refractivity contribution is 7.09.